The minimum atomic E-state index is -3.99. The summed E-state index contributed by atoms with van der Waals surface area (Å²) in [6.07, 6.45) is 18.6. The van der Waals surface area contributed by atoms with E-state index >= 15 is 0 Å². The van der Waals surface area contributed by atoms with Gasteiger partial charge in [-0.15, -0.1) is 0 Å². The molecule has 129 heavy (non-hydrogen) atoms. The number of aryl methyl sites for hydroxylation is 2. The van der Waals surface area contributed by atoms with Crippen LogP contribution in [0.3, 0.4) is 0 Å². The van der Waals surface area contributed by atoms with Crippen molar-refractivity contribution in [1.29, 1.82) is 0 Å². The number of Topliss-reactive ketones (excluding diaryl/α,β-unsaturated/α-hetero) is 2. The second-order valence-electron chi connectivity index (χ2n) is 35.1. The fraction of sp³-hybridized carbons (Fsp3) is 0.573. The number of amides is 7. The van der Waals surface area contributed by atoms with Gasteiger partial charge < -0.3 is 85.1 Å². The number of aromatic carboxylic acids is 1. The summed E-state index contributed by atoms with van der Waals surface area (Å²) < 4.78 is 94.4. The Bertz CT molecular complexity index is 5470. The van der Waals surface area contributed by atoms with E-state index in [9.17, 15) is 69.9 Å². The molecule has 2 aromatic carbocycles. The predicted octanol–water partition coefficient (Wildman–Crippen LogP) is 0.176. The molecule has 10 atom stereocenters. The smallest absolute Gasteiger partial charge is 1.00 e. The number of fused-ring (bicyclic) bond motifs is 6. The Labute approximate surface area is 814 Å². The summed E-state index contributed by atoms with van der Waals surface area (Å²) in [6.45, 7) is 14.6. The molecule has 4 aliphatic carbocycles. The average molecular weight is 1890 g/mol. The summed E-state index contributed by atoms with van der Waals surface area (Å²) in [7, 11) is -1.73. The summed E-state index contributed by atoms with van der Waals surface area (Å²) in [5, 5.41) is 27.3. The number of methoxy groups -OCH3 is 2. The molecule has 4 aromatic heterocycles. The van der Waals surface area contributed by atoms with Crippen LogP contribution in [0.15, 0.2) is 85.2 Å². The van der Waals surface area contributed by atoms with Gasteiger partial charge in [-0.05, 0) is 181 Å². The number of aromatic nitrogens is 6. The molecule has 0 spiro atoms. The number of ketones is 2. The molecule has 696 valence electrons. The maximum atomic E-state index is 14.9. The van der Waals surface area contributed by atoms with Crippen molar-refractivity contribution in [3.05, 3.63) is 108 Å². The van der Waals surface area contributed by atoms with Gasteiger partial charge in [-0.2, -0.15) is 10.2 Å². The van der Waals surface area contributed by atoms with Crippen LogP contribution in [-0.4, -0.2) is 252 Å². The number of carboxylic acids is 1. The van der Waals surface area contributed by atoms with Crippen LogP contribution < -0.4 is 107 Å². The van der Waals surface area contributed by atoms with Gasteiger partial charge in [0.1, 0.15) is 65.7 Å². The van der Waals surface area contributed by atoms with Crippen LogP contribution in [0.2, 0.25) is 0 Å². The first kappa shape index (κ1) is 106. The van der Waals surface area contributed by atoms with Crippen molar-refractivity contribution in [2.75, 3.05) is 41.4 Å². The SMILES string of the molecule is C.CNC(=O)Cn1ccc(C(=O)N[C@H]2CCCCC/C=C\[C@@H]3C[C@@]3(C(=O)NS(=O)(=O)C3(C)CC3)CC(=O)[C@@H]3C[C@@H](Oc4cc(OC(C)C)nc5c(C)c(OC)ccc45)CN3C2=O)n1.CNC(=O)Cn1ccc(C(=O)[O-])n1.COc1ccc2c(O[C@@H]3C[C@H]4C(=O)C[C@]5(C(=O)NS(=O)(=O)C6(C)CC6)C[C@H]5/C=C\CCCCC[C@H]([NH3+])C(=O)N4C3)cc(OC(C)C)nc2c1C.[Ca+2].[Cl-].[H-].[H-].[Na+]. The molecule has 6 aromatic rings. The summed E-state index contributed by atoms with van der Waals surface area (Å²) in [5.41, 5.74) is 4.34. The molecule has 8 aliphatic rings. The van der Waals surface area contributed by atoms with Gasteiger partial charge in [-0.1, -0.05) is 51.0 Å². The van der Waals surface area contributed by atoms with E-state index in [0.29, 0.717) is 103 Å². The average Bonchev–Trinajstić information content (AvgIpc) is 1.57. The summed E-state index contributed by atoms with van der Waals surface area (Å²) in [6, 6.07) is 10.00. The summed E-state index contributed by atoms with van der Waals surface area (Å²) in [5.74, 6) is -2.99. The first-order valence-corrected chi connectivity index (χ1v) is 45.8. The summed E-state index contributed by atoms with van der Waals surface area (Å²) >= 11 is 0. The van der Waals surface area contributed by atoms with Crippen molar-refractivity contribution in [3.63, 3.8) is 0 Å². The molecule has 8 N–H and O–H groups in total. The second kappa shape index (κ2) is 44.3. The number of carbonyl (C=O) groups excluding carboxylic acids is 10. The number of nitrogens with zero attached hydrogens (tertiary/aromatic N) is 8. The Morgan fingerprint density at radius 3 is 1.40 bits per heavy atom. The number of carbonyl (C=O) groups is 10. The Kier molecular flexibility index (Phi) is 36.4. The van der Waals surface area contributed by atoms with Crippen LogP contribution in [0, 0.1) is 36.5 Å². The molecule has 7 amide bonds. The minimum absolute atomic E-state index is 0. The third-order valence-electron chi connectivity index (χ3n) is 25.0. The quantitative estimate of drug-likeness (QED) is 0.0368. The number of hydrogen-bond acceptors (Lipinski definition) is 25. The zero-order chi connectivity index (χ0) is 90.4. The fourth-order valence-corrected chi connectivity index (χ4v) is 19.3. The number of sulfonamides is 2. The van der Waals surface area contributed by atoms with E-state index in [-0.39, 0.29) is 214 Å². The zero-order valence-electron chi connectivity index (χ0n) is 77.1. The van der Waals surface area contributed by atoms with Crippen molar-refractivity contribution in [3.8, 4) is 34.8 Å². The van der Waals surface area contributed by atoms with Gasteiger partial charge in [-0.3, -0.25) is 62.0 Å². The van der Waals surface area contributed by atoms with Crippen LogP contribution >= 0.6 is 0 Å². The van der Waals surface area contributed by atoms with E-state index in [1.165, 1.54) is 52.9 Å². The summed E-state index contributed by atoms with van der Waals surface area (Å²) in [4.78, 5) is 145. The molecule has 40 heteroatoms. The van der Waals surface area contributed by atoms with Crippen LogP contribution in [-0.2, 0) is 71.5 Å². The van der Waals surface area contributed by atoms with Crippen molar-refractivity contribution in [2.24, 2.45) is 22.7 Å². The number of hydrogen-bond donors (Lipinski definition) is 6. The van der Waals surface area contributed by atoms with Crippen molar-refractivity contribution in [1.82, 2.24) is 64.7 Å². The molecule has 4 aliphatic heterocycles. The van der Waals surface area contributed by atoms with E-state index in [4.69, 9.17) is 38.4 Å². The van der Waals surface area contributed by atoms with Crippen LogP contribution in [0.5, 0.6) is 34.8 Å². The Morgan fingerprint density at radius 2 is 1.01 bits per heavy atom. The van der Waals surface area contributed by atoms with Crippen LogP contribution in [0.1, 0.15) is 212 Å². The fourth-order valence-electron chi connectivity index (χ4n) is 16.6. The molecule has 0 unspecified atom stereocenters. The van der Waals surface area contributed by atoms with Gasteiger partial charge in [0, 0.05) is 92.6 Å². The second-order valence-corrected chi connectivity index (χ2v) is 39.5. The van der Waals surface area contributed by atoms with Crippen LogP contribution in [0.4, 0.5) is 0 Å². The van der Waals surface area contributed by atoms with E-state index in [1.807, 2.05) is 90.1 Å². The van der Waals surface area contributed by atoms with Gasteiger partial charge in [-0.25, -0.2) is 26.8 Å². The third-order valence-corrected chi connectivity index (χ3v) is 29.3. The van der Waals surface area contributed by atoms with Crippen molar-refractivity contribution in [2.45, 2.75) is 262 Å². The first-order valence-electron chi connectivity index (χ1n) is 42.9. The molecule has 0 bridgehead atoms. The topological polar surface area (TPSA) is 473 Å². The van der Waals surface area contributed by atoms with E-state index < -0.39 is 112 Å². The van der Waals surface area contributed by atoms with Gasteiger partial charge in [0.15, 0.2) is 17.6 Å². The van der Waals surface area contributed by atoms with E-state index in [0.717, 1.165) is 55.0 Å². The molecule has 0 radical (unpaired) electrons. The Balaban J connectivity index is 0.000000345. The number of carboxylic acid groups (broad SMARTS) is 1. The number of halogens is 1. The molecular weight excluding hydrogens is 1760 g/mol. The largest absolute Gasteiger partial charge is 2.00 e. The van der Waals surface area contributed by atoms with Gasteiger partial charge in [0.05, 0.1) is 88.9 Å². The van der Waals surface area contributed by atoms with Gasteiger partial charge in [0.2, 0.25) is 61.3 Å². The molecule has 2 saturated heterocycles. The zero-order valence-corrected chi connectivity index (χ0v) is 81.7. The first-order chi connectivity index (χ1) is 59.3. The molecule has 8 heterocycles. The monoisotopic (exact) mass is 1880 g/mol. The molecular formula is C89H122CaClN14NaO21S2. The predicted molar refractivity (Wildman–Crippen MR) is 470 cm³/mol. The Hall–Kier alpha value is -8.53. The minimum Gasteiger partial charge on any atom is -1.00 e. The maximum absolute atomic E-state index is 14.9. The number of likely N-dealkylation sites (N-methyl/N-ethyl adjacent to an activating group) is 2. The van der Waals surface area contributed by atoms with Crippen molar-refractivity contribution < 1.29 is 149 Å². The normalized spacial score (nSPS) is 24.4. The number of allylic oxidation sites excluding steroid dienone is 4. The number of pyridine rings is 2. The molecule has 6 fully saturated rings. The third kappa shape index (κ3) is 24.9. The number of ether oxygens (including phenoxy) is 6. The van der Waals surface area contributed by atoms with E-state index in [2.05, 4.69) is 41.3 Å². The molecule has 4 saturated carbocycles. The van der Waals surface area contributed by atoms with Gasteiger partial charge in [0.25, 0.3) is 11.8 Å². The Morgan fingerprint density at radius 1 is 0.597 bits per heavy atom. The molecule has 35 nitrogen and oxygen atoms in total. The standard InChI is InChI=1S/C44H57N7O10S.C37H50N4O8S.C7H9N3O3.CH4.Ca.ClH.Na.2H/c1-26(2)60-38-21-36(30-14-15-35(59-6)27(3)39(30)47-38)61-29-20-33-34(52)23-44(42(56)49-62(57,58)43(4)17-18-43)22-28(44)12-10-8-7-9-11-13-32(41(55)51(33)24-29)46-40(54)31-16-19-50(48-31)25-37(53)45-5;1-22(2)48-32-18-31(26-13-14-30(47-5)23(3)33(26)39-32)49-25-17-28-29(42)20-37(35(44)40-50(45,46)36(4)15-16-36)19-24(37)11-9-7-6-8-10-12-27(38)34(43)41(28)21-25;1-8-6(11)4-10-3-2-5(9-10)7(12)13;;;;;;/h10,12,14-16,19,21,26,28-29,32-33H,7-9,11,13,17-18,20,22-25H2,1-6H3,(H,45,53)(H,46,54)(H,49,56);9,11,13-14,18,22,24-25,27-28H,6-8,10,12,15-17,19-21,38H2,1-5H3,(H,40,44);2-3H,4H2,1H3,(H,8,11)(H,12,13);1H4;;1H;;;/q;;;;+2;;+1;2*-1/p-1/b12-10-;11-9-;;;;;;;/t28-,29-,32+,33+,44-;24-,25-,27+,28+,37-;;;;;;;/m11......./s1. The van der Waals surface area contributed by atoms with Gasteiger partial charge >= 0.3 is 67.3 Å². The number of nitrogens with one attached hydrogen (secondary N) is 5. The number of quaternary nitrogens is 1. The van der Waals surface area contributed by atoms with Crippen molar-refractivity contribution >= 4 is 138 Å². The van der Waals surface area contributed by atoms with E-state index in [1.54, 1.807) is 45.1 Å². The maximum Gasteiger partial charge on any atom is 2.00 e. The van der Waals surface area contributed by atoms with Crippen LogP contribution in [0.25, 0.3) is 21.8 Å². The number of rotatable bonds is 23. The molecule has 14 rings (SSSR count). The number of benzene rings is 2.